The quantitative estimate of drug-likeness (QED) is 0.549. The van der Waals surface area contributed by atoms with E-state index in [4.69, 9.17) is 5.73 Å². The van der Waals surface area contributed by atoms with Gasteiger partial charge in [-0.3, -0.25) is 9.59 Å². The molecule has 1 rings (SSSR count). The van der Waals surface area contributed by atoms with Gasteiger partial charge in [0.15, 0.2) is 0 Å². The van der Waals surface area contributed by atoms with Gasteiger partial charge in [0, 0.05) is 24.4 Å². The molecule has 0 heterocycles. The summed E-state index contributed by atoms with van der Waals surface area (Å²) in [5.74, 6) is 0.323. The molecule has 0 saturated heterocycles. The number of hydrogen-bond acceptors (Lipinski definition) is 3. The van der Waals surface area contributed by atoms with E-state index in [0.29, 0.717) is 26.1 Å². The summed E-state index contributed by atoms with van der Waals surface area (Å²) < 4.78 is 0. The van der Waals surface area contributed by atoms with E-state index in [1.54, 1.807) is 0 Å². The van der Waals surface area contributed by atoms with E-state index in [2.05, 4.69) is 10.6 Å². The SMILES string of the molecule is CC(C)(CCN)C(=O)NCCNC(=O)C1CC1. The summed E-state index contributed by atoms with van der Waals surface area (Å²) in [4.78, 5) is 23.1. The number of carbonyl (C=O) groups is 2. The summed E-state index contributed by atoms with van der Waals surface area (Å²) in [5, 5.41) is 5.62. The molecule has 98 valence electrons. The van der Waals surface area contributed by atoms with Crippen molar-refractivity contribution < 1.29 is 9.59 Å². The van der Waals surface area contributed by atoms with Gasteiger partial charge in [-0.1, -0.05) is 13.8 Å². The predicted molar refractivity (Wildman–Crippen MR) is 66.2 cm³/mol. The third-order valence-corrected chi connectivity index (χ3v) is 3.04. The molecule has 1 aliphatic carbocycles. The van der Waals surface area contributed by atoms with Gasteiger partial charge >= 0.3 is 0 Å². The maximum atomic E-state index is 11.8. The van der Waals surface area contributed by atoms with Crippen molar-refractivity contribution in [2.75, 3.05) is 19.6 Å². The van der Waals surface area contributed by atoms with Gasteiger partial charge in [-0.15, -0.1) is 0 Å². The van der Waals surface area contributed by atoms with Gasteiger partial charge in [0.1, 0.15) is 0 Å². The van der Waals surface area contributed by atoms with E-state index in [1.807, 2.05) is 13.8 Å². The highest BCUT2D eigenvalue weighted by atomic mass is 16.2. The van der Waals surface area contributed by atoms with Crippen LogP contribution >= 0.6 is 0 Å². The second-order valence-electron chi connectivity index (χ2n) is 5.24. The van der Waals surface area contributed by atoms with Crippen molar-refractivity contribution in [3.05, 3.63) is 0 Å². The van der Waals surface area contributed by atoms with Crippen LogP contribution < -0.4 is 16.4 Å². The Balaban J connectivity index is 2.12. The smallest absolute Gasteiger partial charge is 0.225 e. The molecule has 1 fully saturated rings. The summed E-state index contributed by atoms with van der Waals surface area (Å²) in [6.07, 6.45) is 2.66. The zero-order chi connectivity index (χ0) is 12.9. The van der Waals surface area contributed by atoms with Gasteiger partial charge in [0.25, 0.3) is 0 Å². The largest absolute Gasteiger partial charge is 0.354 e. The molecule has 2 amide bonds. The molecule has 5 heteroatoms. The van der Waals surface area contributed by atoms with Crippen molar-refractivity contribution in [1.82, 2.24) is 10.6 Å². The Kier molecular flexibility index (Phi) is 4.93. The van der Waals surface area contributed by atoms with E-state index in [-0.39, 0.29) is 17.7 Å². The van der Waals surface area contributed by atoms with Crippen LogP contribution in [-0.2, 0) is 9.59 Å². The Morgan fingerprint density at radius 2 is 1.82 bits per heavy atom. The fraction of sp³-hybridized carbons (Fsp3) is 0.833. The third kappa shape index (κ3) is 4.73. The zero-order valence-corrected chi connectivity index (χ0v) is 10.7. The van der Waals surface area contributed by atoms with E-state index in [1.165, 1.54) is 0 Å². The molecule has 0 aromatic heterocycles. The first-order valence-corrected chi connectivity index (χ1v) is 6.23. The molecule has 4 N–H and O–H groups in total. The number of nitrogens with two attached hydrogens (primary N) is 1. The van der Waals surface area contributed by atoms with E-state index >= 15 is 0 Å². The van der Waals surface area contributed by atoms with Crippen LogP contribution in [0.25, 0.3) is 0 Å². The lowest BCUT2D eigenvalue weighted by molar-refractivity contribution is -0.129. The van der Waals surface area contributed by atoms with E-state index in [0.717, 1.165) is 12.8 Å². The fourth-order valence-electron chi connectivity index (χ4n) is 1.57. The second-order valence-corrected chi connectivity index (χ2v) is 5.24. The van der Waals surface area contributed by atoms with E-state index < -0.39 is 5.41 Å². The van der Waals surface area contributed by atoms with Gasteiger partial charge < -0.3 is 16.4 Å². The maximum Gasteiger partial charge on any atom is 0.225 e. The standard InChI is InChI=1S/C12H23N3O2/c1-12(2,5-6-13)11(17)15-8-7-14-10(16)9-3-4-9/h9H,3-8,13H2,1-2H3,(H,14,16)(H,15,17). The van der Waals surface area contributed by atoms with Gasteiger partial charge in [-0.2, -0.15) is 0 Å². The Morgan fingerprint density at radius 3 is 2.35 bits per heavy atom. The topological polar surface area (TPSA) is 84.2 Å². The molecule has 0 aromatic carbocycles. The molecule has 1 aliphatic rings. The molecule has 1 saturated carbocycles. The molecule has 17 heavy (non-hydrogen) atoms. The highest BCUT2D eigenvalue weighted by molar-refractivity contribution is 5.82. The highest BCUT2D eigenvalue weighted by Gasteiger charge is 2.29. The van der Waals surface area contributed by atoms with Gasteiger partial charge in [-0.05, 0) is 25.8 Å². The van der Waals surface area contributed by atoms with Crippen LogP contribution in [0.2, 0.25) is 0 Å². The summed E-state index contributed by atoms with van der Waals surface area (Å²) in [6, 6.07) is 0. The minimum Gasteiger partial charge on any atom is -0.354 e. The Hall–Kier alpha value is -1.10. The van der Waals surface area contributed by atoms with Gasteiger partial charge in [-0.25, -0.2) is 0 Å². The molecular formula is C12H23N3O2. The average Bonchev–Trinajstić information content (AvgIpc) is 3.07. The molecular weight excluding hydrogens is 218 g/mol. The van der Waals surface area contributed by atoms with Crippen molar-refractivity contribution in [1.29, 1.82) is 0 Å². The third-order valence-electron chi connectivity index (χ3n) is 3.04. The Bertz CT molecular complexity index is 285. The monoisotopic (exact) mass is 241 g/mol. The van der Waals surface area contributed by atoms with Crippen LogP contribution in [0.5, 0.6) is 0 Å². The predicted octanol–water partition coefficient (Wildman–Crippen LogP) is 0.00380. The van der Waals surface area contributed by atoms with Crippen molar-refractivity contribution in [3.8, 4) is 0 Å². The van der Waals surface area contributed by atoms with Crippen LogP contribution in [0, 0.1) is 11.3 Å². The molecule has 0 unspecified atom stereocenters. The zero-order valence-electron chi connectivity index (χ0n) is 10.7. The van der Waals surface area contributed by atoms with Crippen LogP contribution in [0.1, 0.15) is 33.1 Å². The lowest BCUT2D eigenvalue weighted by Crippen LogP contribution is -2.42. The molecule has 0 aromatic rings. The second kappa shape index (κ2) is 6.00. The number of rotatable bonds is 7. The van der Waals surface area contributed by atoms with Gasteiger partial charge in [0.2, 0.25) is 11.8 Å². The van der Waals surface area contributed by atoms with Crippen molar-refractivity contribution in [3.63, 3.8) is 0 Å². The molecule has 0 aliphatic heterocycles. The molecule has 0 bridgehead atoms. The maximum absolute atomic E-state index is 11.8. The lowest BCUT2D eigenvalue weighted by atomic mass is 9.88. The van der Waals surface area contributed by atoms with Crippen LogP contribution in [0.15, 0.2) is 0 Å². The first-order valence-electron chi connectivity index (χ1n) is 6.23. The van der Waals surface area contributed by atoms with Crippen molar-refractivity contribution >= 4 is 11.8 Å². The molecule has 0 spiro atoms. The summed E-state index contributed by atoms with van der Waals surface area (Å²) >= 11 is 0. The van der Waals surface area contributed by atoms with E-state index in [9.17, 15) is 9.59 Å². The lowest BCUT2D eigenvalue weighted by Gasteiger charge is -2.22. The number of hydrogen-bond donors (Lipinski definition) is 3. The van der Waals surface area contributed by atoms with Crippen LogP contribution in [0.3, 0.4) is 0 Å². The summed E-state index contributed by atoms with van der Waals surface area (Å²) in [5.41, 5.74) is 5.01. The molecule has 0 atom stereocenters. The molecule has 5 nitrogen and oxygen atoms in total. The Labute approximate surface area is 103 Å². The van der Waals surface area contributed by atoms with Crippen molar-refractivity contribution in [2.24, 2.45) is 17.1 Å². The molecule has 0 radical (unpaired) electrons. The van der Waals surface area contributed by atoms with Crippen LogP contribution in [-0.4, -0.2) is 31.4 Å². The van der Waals surface area contributed by atoms with Crippen molar-refractivity contribution in [2.45, 2.75) is 33.1 Å². The highest BCUT2D eigenvalue weighted by Crippen LogP contribution is 2.28. The Morgan fingerprint density at radius 1 is 1.24 bits per heavy atom. The first kappa shape index (κ1) is 14.0. The fourth-order valence-corrected chi connectivity index (χ4v) is 1.57. The minimum atomic E-state index is -0.435. The van der Waals surface area contributed by atoms with Crippen LogP contribution in [0.4, 0.5) is 0 Å². The summed E-state index contributed by atoms with van der Waals surface area (Å²) in [6.45, 7) is 5.22. The number of carbonyl (C=O) groups excluding carboxylic acids is 2. The number of nitrogens with one attached hydrogen (secondary N) is 2. The average molecular weight is 241 g/mol. The summed E-state index contributed by atoms with van der Waals surface area (Å²) in [7, 11) is 0. The van der Waals surface area contributed by atoms with Gasteiger partial charge in [0.05, 0.1) is 0 Å². The first-order chi connectivity index (χ1) is 7.97. The minimum absolute atomic E-state index is 0.0105. The normalized spacial score (nSPS) is 15.5. The number of amides is 2.